The van der Waals surface area contributed by atoms with E-state index in [1.54, 1.807) is 40.7 Å². The number of sulfonamides is 1. The normalized spacial score (nSPS) is 15.7. The third kappa shape index (κ3) is 4.16. The Labute approximate surface area is 154 Å². The molecule has 1 aromatic heterocycles. The largest absolute Gasteiger partial charge is 0.456 e. The van der Waals surface area contributed by atoms with Gasteiger partial charge >= 0.3 is 0 Å². The van der Waals surface area contributed by atoms with E-state index in [1.807, 2.05) is 6.92 Å². The number of amides is 1. The van der Waals surface area contributed by atoms with Gasteiger partial charge in [0.15, 0.2) is 5.76 Å². The highest BCUT2D eigenvalue weighted by molar-refractivity contribution is 7.89. The molecule has 0 bridgehead atoms. The third-order valence-electron chi connectivity index (χ3n) is 4.56. The molecule has 1 amide bonds. The summed E-state index contributed by atoms with van der Waals surface area (Å²) in [5.41, 5.74) is 0.832. The fourth-order valence-corrected chi connectivity index (χ4v) is 4.51. The standard InChI is InChI=1S/C19H24N2O4S/c1-2-16-8-11-18(25-16)19(22)20-14-15-6-9-17(10-7-15)26(23,24)21-12-4-3-5-13-21/h6-11H,2-5,12-14H2,1H3,(H,20,22). The van der Waals surface area contributed by atoms with Gasteiger partial charge in [-0.25, -0.2) is 8.42 Å². The van der Waals surface area contributed by atoms with Crippen LogP contribution in [0.3, 0.4) is 0 Å². The Bertz CT molecular complexity index is 850. The van der Waals surface area contributed by atoms with Gasteiger partial charge in [-0.1, -0.05) is 25.5 Å². The molecule has 6 nitrogen and oxygen atoms in total. The summed E-state index contributed by atoms with van der Waals surface area (Å²) in [6.07, 6.45) is 3.64. The molecule has 0 aliphatic carbocycles. The van der Waals surface area contributed by atoms with E-state index < -0.39 is 10.0 Å². The van der Waals surface area contributed by atoms with Gasteiger partial charge in [-0.15, -0.1) is 0 Å². The first-order valence-electron chi connectivity index (χ1n) is 8.96. The zero-order valence-corrected chi connectivity index (χ0v) is 15.7. The molecule has 3 rings (SSSR count). The predicted octanol–water partition coefficient (Wildman–Crippen LogP) is 2.95. The maximum absolute atomic E-state index is 12.6. The topological polar surface area (TPSA) is 79.6 Å². The highest BCUT2D eigenvalue weighted by Crippen LogP contribution is 2.21. The van der Waals surface area contributed by atoms with Gasteiger partial charge < -0.3 is 9.73 Å². The number of hydrogen-bond donors (Lipinski definition) is 1. The Kier molecular flexibility index (Phi) is 5.78. The molecular weight excluding hydrogens is 352 g/mol. The Balaban J connectivity index is 1.61. The summed E-state index contributed by atoms with van der Waals surface area (Å²) < 4.78 is 32.2. The zero-order valence-electron chi connectivity index (χ0n) is 14.9. The van der Waals surface area contributed by atoms with Gasteiger partial charge in [0.25, 0.3) is 5.91 Å². The van der Waals surface area contributed by atoms with E-state index >= 15 is 0 Å². The van der Waals surface area contributed by atoms with Crippen molar-refractivity contribution in [1.82, 2.24) is 9.62 Å². The van der Waals surface area contributed by atoms with Gasteiger partial charge in [0.05, 0.1) is 4.90 Å². The van der Waals surface area contributed by atoms with E-state index in [0.29, 0.717) is 24.5 Å². The fraction of sp³-hybridized carbons (Fsp3) is 0.421. The lowest BCUT2D eigenvalue weighted by molar-refractivity contribution is 0.0921. The minimum Gasteiger partial charge on any atom is -0.456 e. The van der Waals surface area contributed by atoms with Crippen LogP contribution < -0.4 is 5.32 Å². The predicted molar refractivity (Wildman–Crippen MR) is 98.3 cm³/mol. The van der Waals surface area contributed by atoms with Crippen LogP contribution in [-0.2, 0) is 23.0 Å². The molecule has 1 aliphatic rings. The van der Waals surface area contributed by atoms with Crippen LogP contribution in [0.15, 0.2) is 45.7 Å². The number of rotatable bonds is 6. The molecule has 1 aliphatic heterocycles. The van der Waals surface area contributed by atoms with Gasteiger partial charge in [0.2, 0.25) is 10.0 Å². The number of benzene rings is 1. The Hall–Kier alpha value is -2.12. The minimum atomic E-state index is -3.42. The molecule has 0 atom stereocenters. The molecule has 0 unspecified atom stereocenters. The second-order valence-electron chi connectivity index (χ2n) is 6.41. The molecule has 1 saturated heterocycles. The summed E-state index contributed by atoms with van der Waals surface area (Å²) in [5, 5.41) is 2.78. The van der Waals surface area contributed by atoms with Crippen LogP contribution >= 0.6 is 0 Å². The van der Waals surface area contributed by atoms with Gasteiger partial charge in [-0.05, 0) is 42.7 Å². The van der Waals surface area contributed by atoms with Crippen molar-refractivity contribution in [3.05, 3.63) is 53.5 Å². The summed E-state index contributed by atoms with van der Waals surface area (Å²) in [7, 11) is -3.42. The van der Waals surface area contributed by atoms with Crippen molar-refractivity contribution in [2.45, 2.75) is 44.0 Å². The van der Waals surface area contributed by atoms with Crippen molar-refractivity contribution in [2.24, 2.45) is 0 Å². The van der Waals surface area contributed by atoms with Crippen LogP contribution in [0.5, 0.6) is 0 Å². The molecule has 0 radical (unpaired) electrons. The molecule has 140 valence electrons. The Morgan fingerprint density at radius 3 is 2.38 bits per heavy atom. The second kappa shape index (κ2) is 8.05. The van der Waals surface area contributed by atoms with Crippen LogP contribution in [0.25, 0.3) is 0 Å². The molecule has 0 saturated carbocycles. The maximum Gasteiger partial charge on any atom is 0.287 e. The first-order valence-corrected chi connectivity index (χ1v) is 10.4. The number of carbonyl (C=O) groups is 1. The number of piperidine rings is 1. The van der Waals surface area contributed by atoms with Crippen molar-refractivity contribution >= 4 is 15.9 Å². The number of nitrogens with one attached hydrogen (secondary N) is 1. The number of carbonyl (C=O) groups excluding carboxylic acids is 1. The average molecular weight is 376 g/mol. The number of nitrogens with zero attached hydrogens (tertiary/aromatic N) is 1. The fourth-order valence-electron chi connectivity index (χ4n) is 2.99. The number of aryl methyl sites for hydroxylation is 1. The lowest BCUT2D eigenvalue weighted by atomic mass is 10.2. The summed E-state index contributed by atoms with van der Waals surface area (Å²) in [6, 6.07) is 10.1. The van der Waals surface area contributed by atoms with Crippen molar-refractivity contribution in [3.8, 4) is 0 Å². The highest BCUT2D eigenvalue weighted by Gasteiger charge is 2.25. The SMILES string of the molecule is CCc1ccc(C(=O)NCc2ccc(S(=O)(=O)N3CCCCC3)cc2)o1. The summed E-state index contributed by atoms with van der Waals surface area (Å²) >= 11 is 0. The average Bonchev–Trinajstić information content (AvgIpc) is 3.16. The van der Waals surface area contributed by atoms with Gasteiger partial charge in [-0.2, -0.15) is 4.31 Å². The number of hydrogen-bond acceptors (Lipinski definition) is 4. The van der Waals surface area contributed by atoms with Crippen molar-refractivity contribution in [2.75, 3.05) is 13.1 Å². The van der Waals surface area contributed by atoms with Crippen molar-refractivity contribution in [1.29, 1.82) is 0 Å². The van der Waals surface area contributed by atoms with E-state index in [0.717, 1.165) is 37.0 Å². The van der Waals surface area contributed by atoms with Crippen LogP contribution in [0, 0.1) is 0 Å². The molecule has 1 aromatic carbocycles. The molecule has 2 heterocycles. The smallest absolute Gasteiger partial charge is 0.287 e. The Morgan fingerprint density at radius 2 is 1.77 bits per heavy atom. The van der Waals surface area contributed by atoms with E-state index in [4.69, 9.17) is 4.42 Å². The lowest BCUT2D eigenvalue weighted by Gasteiger charge is -2.25. The quantitative estimate of drug-likeness (QED) is 0.841. The maximum atomic E-state index is 12.6. The molecule has 1 N–H and O–H groups in total. The van der Waals surface area contributed by atoms with E-state index in [9.17, 15) is 13.2 Å². The molecule has 26 heavy (non-hydrogen) atoms. The van der Waals surface area contributed by atoms with E-state index in [1.165, 1.54) is 0 Å². The van der Waals surface area contributed by atoms with Crippen LogP contribution in [0.1, 0.15) is 48.1 Å². The van der Waals surface area contributed by atoms with E-state index in [2.05, 4.69) is 5.32 Å². The lowest BCUT2D eigenvalue weighted by Crippen LogP contribution is -2.35. The molecule has 1 fully saturated rings. The molecule has 7 heteroatoms. The monoisotopic (exact) mass is 376 g/mol. The van der Waals surface area contributed by atoms with Crippen LogP contribution in [0.2, 0.25) is 0 Å². The number of furan rings is 1. The molecular formula is C19H24N2O4S. The van der Waals surface area contributed by atoms with Gasteiger partial charge in [-0.3, -0.25) is 4.79 Å². The Morgan fingerprint density at radius 1 is 1.08 bits per heavy atom. The first-order chi connectivity index (χ1) is 12.5. The first kappa shape index (κ1) is 18.7. The minimum absolute atomic E-state index is 0.283. The second-order valence-corrected chi connectivity index (χ2v) is 8.35. The van der Waals surface area contributed by atoms with Crippen molar-refractivity contribution < 1.29 is 17.6 Å². The van der Waals surface area contributed by atoms with Gasteiger partial charge in [0, 0.05) is 26.1 Å². The molecule has 0 spiro atoms. The van der Waals surface area contributed by atoms with Crippen molar-refractivity contribution in [3.63, 3.8) is 0 Å². The third-order valence-corrected chi connectivity index (χ3v) is 6.48. The summed E-state index contributed by atoms with van der Waals surface area (Å²) in [6.45, 7) is 3.44. The summed E-state index contributed by atoms with van der Waals surface area (Å²) in [5.74, 6) is 0.767. The zero-order chi connectivity index (χ0) is 18.6. The van der Waals surface area contributed by atoms with Gasteiger partial charge in [0.1, 0.15) is 5.76 Å². The summed E-state index contributed by atoms with van der Waals surface area (Å²) in [4.78, 5) is 12.4. The van der Waals surface area contributed by atoms with Crippen LogP contribution in [-0.4, -0.2) is 31.7 Å². The molecule has 2 aromatic rings. The van der Waals surface area contributed by atoms with Crippen LogP contribution in [0.4, 0.5) is 0 Å². The highest BCUT2D eigenvalue weighted by atomic mass is 32.2. The van der Waals surface area contributed by atoms with E-state index in [-0.39, 0.29) is 11.7 Å².